The molecule has 0 fully saturated rings. The van der Waals surface area contributed by atoms with Gasteiger partial charge in [-0.15, -0.1) is 0 Å². The smallest absolute Gasteiger partial charge is 0.308 e. The van der Waals surface area contributed by atoms with Crippen LogP contribution in [0.4, 0.5) is 8.78 Å². The van der Waals surface area contributed by atoms with Gasteiger partial charge in [0.25, 0.3) is 5.91 Å². The van der Waals surface area contributed by atoms with Crippen molar-refractivity contribution >= 4 is 11.9 Å². The second-order valence-corrected chi connectivity index (χ2v) is 4.14. The van der Waals surface area contributed by atoms with Crippen LogP contribution in [0.25, 0.3) is 0 Å². The normalized spacial score (nSPS) is 11.9. The summed E-state index contributed by atoms with van der Waals surface area (Å²) in [4.78, 5) is 22.5. The van der Waals surface area contributed by atoms with Crippen LogP contribution in [0.3, 0.4) is 0 Å². The van der Waals surface area contributed by atoms with Gasteiger partial charge in [0.15, 0.2) is 11.6 Å². The highest BCUT2D eigenvalue weighted by Crippen LogP contribution is 2.12. The molecule has 0 aromatic heterocycles. The van der Waals surface area contributed by atoms with Gasteiger partial charge in [0, 0.05) is 6.54 Å². The molecule has 2 N–H and O–H groups in total. The maximum Gasteiger partial charge on any atom is 0.308 e. The van der Waals surface area contributed by atoms with Crippen molar-refractivity contribution in [3.8, 4) is 0 Å². The lowest BCUT2D eigenvalue weighted by atomic mass is 10.0. The Hall–Kier alpha value is -1.98. The zero-order chi connectivity index (χ0) is 14.4. The van der Waals surface area contributed by atoms with Crippen LogP contribution in [0.15, 0.2) is 18.2 Å². The number of carbonyl (C=O) groups is 2. The molecule has 0 aliphatic carbocycles. The fraction of sp³-hybridized carbons (Fsp3) is 0.385. The fourth-order valence-corrected chi connectivity index (χ4v) is 1.65. The molecule has 19 heavy (non-hydrogen) atoms. The molecule has 4 nitrogen and oxygen atoms in total. The van der Waals surface area contributed by atoms with Crippen molar-refractivity contribution in [2.45, 2.75) is 19.8 Å². The Morgan fingerprint density at radius 3 is 2.63 bits per heavy atom. The number of carboxylic acids is 1. The van der Waals surface area contributed by atoms with Crippen molar-refractivity contribution in [2.75, 3.05) is 6.54 Å². The summed E-state index contributed by atoms with van der Waals surface area (Å²) < 4.78 is 26.3. The third-order valence-electron chi connectivity index (χ3n) is 2.69. The van der Waals surface area contributed by atoms with E-state index in [-0.39, 0.29) is 6.54 Å². The number of carboxylic acid groups (broad SMARTS) is 1. The number of carbonyl (C=O) groups excluding carboxylic acids is 1. The Bertz CT molecular complexity index is 477. The summed E-state index contributed by atoms with van der Waals surface area (Å²) in [5.41, 5.74) is -0.430. The third-order valence-corrected chi connectivity index (χ3v) is 2.69. The third kappa shape index (κ3) is 4.01. The summed E-state index contributed by atoms with van der Waals surface area (Å²) >= 11 is 0. The van der Waals surface area contributed by atoms with Gasteiger partial charge in [-0.1, -0.05) is 19.4 Å². The molecule has 0 radical (unpaired) electrons. The number of halogens is 2. The van der Waals surface area contributed by atoms with Crippen LogP contribution in [0.2, 0.25) is 0 Å². The molecule has 1 unspecified atom stereocenters. The van der Waals surface area contributed by atoms with E-state index < -0.39 is 35.0 Å². The number of nitrogens with one attached hydrogen (secondary N) is 1. The highest BCUT2D eigenvalue weighted by atomic mass is 19.2. The molecule has 104 valence electrons. The molecule has 1 aromatic rings. The van der Waals surface area contributed by atoms with Gasteiger partial charge in [0.05, 0.1) is 11.5 Å². The zero-order valence-corrected chi connectivity index (χ0v) is 10.5. The van der Waals surface area contributed by atoms with Gasteiger partial charge < -0.3 is 10.4 Å². The van der Waals surface area contributed by atoms with Crippen LogP contribution < -0.4 is 5.32 Å². The van der Waals surface area contributed by atoms with Crippen LogP contribution in [0.1, 0.15) is 30.1 Å². The Balaban J connectivity index is 2.69. The van der Waals surface area contributed by atoms with E-state index in [0.29, 0.717) is 12.8 Å². The Kier molecular flexibility index (Phi) is 5.41. The maximum atomic E-state index is 13.3. The van der Waals surface area contributed by atoms with Crippen LogP contribution >= 0.6 is 0 Å². The minimum absolute atomic E-state index is 0.113. The molecule has 0 aliphatic rings. The monoisotopic (exact) mass is 271 g/mol. The quantitative estimate of drug-likeness (QED) is 0.833. The van der Waals surface area contributed by atoms with Gasteiger partial charge >= 0.3 is 5.97 Å². The Morgan fingerprint density at radius 2 is 2.05 bits per heavy atom. The van der Waals surface area contributed by atoms with E-state index in [2.05, 4.69) is 5.32 Å². The van der Waals surface area contributed by atoms with Crippen molar-refractivity contribution in [3.63, 3.8) is 0 Å². The van der Waals surface area contributed by atoms with Gasteiger partial charge in [-0.25, -0.2) is 8.78 Å². The fourth-order valence-electron chi connectivity index (χ4n) is 1.65. The highest BCUT2D eigenvalue weighted by Gasteiger charge is 2.19. The topological polar surface area (TPSA) is 66.4 Å². The average molecular weight is 271 g/mol. The molecule has 0 spiro atoms. The first-order valence-corrected chi connectivity index (χ1v) is 5.92. The summed E-state index contributed by atoms with van der Waals surface area (Å²) in [6, 6.07) is 3.26. The van der Waals surface area contributed by atoms with E-state index in [4.69, 9.17) is 5.11 Å². The minimum atomic E-state index is -1.23. The van der Waals surface area contributed by atoms with Crippen molar-refractivity contribution < 1.29 is 23.5 Å². The van der Waals surface area contributed by atoms with Gasteiger partial charge in [0.2, 0.25) is 0 Å². The van der Waals surface area contributed by atoms with Crippen LogP contribution in [0.5, 0.6) is 0 Å². The van der Waals surface area contributed by atoms with Gasteiger partial charge in [-0.05, 0) is 18.6 Å². The molecule has 0 saturated heterocycles. The average Bonchev–Trinajstić information content (AvgIpc) is 2.37. The molecular weight excluding hydrogens is 256 g/mol. The van der Waals surface area contributed by atoms with E-state index in [9.17, 15) is 18.4 Å². The van der Waals surface area contributed by atoms with E-state index in [1.165, 1.54) is 6.07 Å². The summed E-state index contributed by atoms with van der Waals surface area (Å²) in [5.74, 6) is -4.93. The van der Waals surface area contributed by atoms with Crippen molar-refractivity contribution in [1.29, 1.82) is 0 Å². The molecule has 1 aromatic carbocycles. The van der Waals surface area contributed by atoms with E-state index in [1.807, 2.05) is 6.92 Å². The standard InChI is InChI=1S/C13H15F2NO3/c1-2-4-8(13(18)19)7-16-12(17)9-5-3-6-10(14)11(9)15/h3,5-6,8H,2,4,7H2,1H3,(H,16,17)(H,18,19). The number of amides is 1. The van der Waals surface area contributed by atoms with E-state index in [0.717, 1.165) is 12.1 Å². The number of hydrogen-bond donors (Lipinski definition) is 2. The van der Waals surface area contributed by atoms with E-state index in [1.54, 1.807) is 0 Å². The molecule has 1 rings (SSSR count). The first kappa shape index (κ1) is 15.1. The molecule has 1 amide bonds. The van der Waals surface area contributed by atoms with Crippen molar-refractivity contribution in [1.82, 2.24) is 5.32 Å². The lowest BCUT2D eigenvalue weighted by Crippen LogP contribution is -2.33. The summed E-state index contributed by atoms with van der Waals surface area (Å²) in [7, 11) is 0. The van der Waals surface area contributed by atoms with Gasteiger partial charge in [-0.3, -0.25) is 9.59 Å². The Labute approximate surface area is 109 Å². The first-order chi connectivity index (χ1) is 8.97. The molecule has 0 heterocycles. The van der Waals surface area contributed by atoms with Crippen molar-refractivity contribution in [3.05, 3.63) is 35.4 Å². The number of hydrogen-bond acceptors (Lipinski definition) is 2. The molecule has 1 atom stereocenters. The number of aliphatic carboxylic acids is 1. The van der Waals surface area contributed by atoms with Gasteiger partial charge in [0.1, 0.15) is 0 Å². The van der Waals surface area contributed by atoms with Crippen LogP contribution in [-0.4, -0.2) is 23.5 Å². The predicted octanol–water partition coefficient (Wildman–Crippen LogP) is 2.20. The molecular formula is C13H15F2NO3. The summed E-state index contributed by atoms with van der Waals surface area (Å²) in [6.45, 7) is 1.71. The largest absolute Gasteiger partial charge is 0.481 e. The lowest BCUT2D eigenvalue weighted by Gasteiger charge is -2.12. The first-order valence-electron chi connectivity index (χ1n) is 5.92. The molecule has 0 saturated carbocycles. The number of rotatable bonds is 6. The number of benzene rings is 1. The second-order valence-electron chi connectivity index (χ2n) is 4.14. The zero-order valence-electron chi connectivity index (χ0n) is 10.5. The maximum absolute atomic E-state index is 13.3. The highest BCUT2D eigenvalue weighted by molar-refractivity contribution is 5.94. The summed E-state index contributed by atoms with van der Waals surface area (Å²) in [6.07, 6.45) is 1.06. The predicted molar refractivity (Wildman–Crippen MR) is 64.7 cm³/mol. The SMILES string of the molecule is CCCC(CNC(=O)c1cccc(F)c1F)C(=O)O. The van der Waals surface area contributed by atoms with Crippen molar-refractivity contribution in [2.24, 2.45) is 5.92 Å². The van der Waals surface area contributed by atoms with Gasteiger partial charge in [-0.2, -0.15) is 0 Å². The van der Waals surface area contributed by atoms with Crippen LogP contribution in [0, 0.1) is 17.6 Å². The molecule has 0 aliphatic heterocycles. The molecule has 0 bridgehead atoms. The minimum Gasteiger partial charge on any atom is -0.481 e. The second kappa shape index (κ2) is 6.82. The lowest BCUT2D eigenvalue weighted by molar-refractivity contribution is -0.141. The van der Waals surface area contributed by atoms with Crippen LogP contribution in [-0.2, 0) is 4.79 Å². The Morgan fingerprint density at radius 1 is 1.37 bits per heavy atom. The molecule has 6 heteroatoms. The van der Waals surface area contributed by atoms with E-state index >= 15 is 0 Å². The summed E-state index contributed by atoms with van der Waals surface area (Å²) in [5, 5.41) is 11.2.